The Balaban J connectivity index is 2.04. The Morgan fingerprint density at radius 2 is 1.95 bits per heavy atom. The molecule has 0 unspecified atom stereocenters. The molecule has 1 heterocycles. The molecule has 1 aliphatic carbocycles. The van der Waals surface area contributed by atoms with Gasteiger partial charge in [0.15, 0.2) is 0 Å². The number of aromatic nitrogens is 2. The molecule has 0 spiro atoms. The predicted octanol–water partition coefficient (Wildman–Crippen LogP) is 4.43. The van der Waals surface area contributed by atoms with E-state index in [0.717, 1.165) is 30.7 Å². The van der Waals surface area contributed by atoms with E-state index in [9.17, 15) is 13.2 Å². The Labute approximate surface area is 112 Å². The van der Waals surface area contributed by atoms with Crippen LogP contribution in [0.25, 0.3) is 5.69 Å². The van der Waals surface area contributed by atoms with Gasteiger partial charge in [-0.1, -0.05) is 18.3 Å². The van der Waals surface area contributed by atoms with Gasteiger partial charge >= 0.3 is 6.18 Å². The normalized spacial score (nSPS) is 15.7. The molecule has 6 heteroatoms. The third-order valence-electron chi connectivity index (χ3n) is 3.19. The van der Waals surface area contributed by atoms with Crippen LogP contribution in [0.3, 0.4) is 0 Å². The highest BCUT2D eigenvalue weighted by Gasteiger charge is 2.31. The topological polar surface area (TPSA) is 20.7 Å². The molecule has 0 atom stereocenters. The molecule has 2 aromatic rings. The van der Waals surface area contributed by atoms with Gasteiger partial charge in [-0.3, -0.25) is 5.10 Å². The van der Waals surface area contributed by atoms with Crippen molar-refractivity contribution in [3.05, 3.63) is 46.2 Å². The molecule has 0 amide bonds. The molecule has 0 aliphatic heterocycles. The van der Waals surface area contributed by atoms with Crippen LogP contribution in [0.15, 0.2) is 30.3 Å². The number of alkyl halides is 3. The minimum Gasteiger partial charge on any atom is -0.297 e. The molecule has 0 radical (unpaired) electrons. The summed E-state index contributed by atoms with van der Waals surface area (Å²) in [6.45, 7) is 0. The average Bonchev–Trinajstić information content (AvgIpc) is 3.12. The smallest absolute Gasteiger partial charge is 0.297 e. The summed E-state index contributed by atoms with van der Waals surface area (Å²) in [6.07, 6.45) is -2.13. The standard InChI is InChI=1S/C13H11F3N2S/c14-13(15,16)9-2-1-3-10(6-9)18-12(19)7-11(17-18)8-4-5-8/h1-3,6-8,17H,4-5H2. The van der Waals surface area contributed by atoms with Gasteiger partial charge < -0.3 is 0 Å². The van der Waals surface area contributed by atoms with Crippen molar-refractivity contribution in [2.24, 2.45) is 0 Å². The van der Waals surface area contributed by atoms with Gasteiger partial charge in [0, 0.05) is 11.6 Å². The highest BCUT2D eigenvalue weighted by atomic mass is 32.1. The Morgan fingerprint density at radius 1 is 1.21 bits per heavy atom. The van der Waals surface area contributed by atoms with Crippen LogP contribution in [-0.2, 0) is 6.18 Å². The number of benzene rings is 1. The van der Waals surface area contributed by atoms with Gasteiger partial charge in [0.25, 0.3) is 0 Å². The molecule has 1 aromatic heterocycles. The number of hydrogen-bond donors (Lipinski definition) is 1. The van der Waals surface area contributed by atoms with Gasteiger partial charge in [-0.2, -0.15) is 13.2 Å². The van der Waals surface area contributed by atoms with Crippen molar-refractivity contribution in [3.8, 4) is 5.69 Å². The van der Waals surface area contributed by atoms with Gasteiger partial charge in [0.05, 0.1) is 11.3 Å². The Bertz CT molecular complexity index is 665. The van der Waals surface area contributed by atoms with Gasteiger partial charge in [0.1, 0.15) is 4.64 Å². The van der Waals surface area contributed by atoms with Crippen molar-refractivity contribution < 1.29 is 13.2 Å². The van der Waals surface area contributed by atoms with E-state index in [1.807, 2.05) is 6.07 Å². The summed E-state index contributed by atoms with van der Waals surface area (Å²) in [6, 6.07) is 6.98. The van der Waals surface area contributed by atoms with Crippen molar-refractivity contribution in [2.75, 3.05) is 0 Å². The number of rotatable bonds is 2. The zero-order chi connectivity index (χ0) is 13.6. The largest absolute Gasteiger partial charge is 0.416 e. The molecule has 2 nitrogen and oxygen atoms in total. The summed E-state index contributed by atoms with van der Waals surface area (Å²) >= 11 is 5.19. The second-order valence-electron chi connectivity index (χ2n) is 4.71. The first-order chi connectivity index (χ1) is 8.95. The highest BCUT2D eigenvalue weighted by molar-refractivity contribution is 7.71. The fraction of sp³-hybridized carbons (Fsp3) is 0.308. The molecule has 1 saturated carbocycles. The van der Waals surface area contributed by atoms with E-state index >= 15 is 0 Å². The highest BCUT2D eigenvalue weighted by Crippen LogP contribution is 2.39. The number of nitrogens with one attached hydrogen (secondary N) is 1. The second kappa shape index (κ2) is 4.23. The lowest BCUT2D eigenvalue weighted by Gasteiger charge is -2.09. The average molecular weight is 284 g/mol. The summed E-state index contributed by atoms with van der Waals surface area (Å²) in [5, 5.41) is 3.08. The Kier molecular flexibility index (Phi) is 2.78. The van der Waals surface area contributed by atoms with Gasteiger partial charge in [0.2, 0.25) is 0 Å². The maximum absolute atomic E-state index is 12.7. The zero-order valence-corrected chi connectivity index (χ0v) is 10.7. The molecule has 19 heavy (non-hydrogen) atoms. The van der Waals surface area contributed by atoms with Crippen LogP contribution in [0.4, 0.5) is 13.2 Å². The van der Waals surface area contributed by atoms with Crippen molar-refractivity contribution in [1.82, 2.24) is 9.78 Å². The fourth-order valence-corrected chi connectivity index (χ4v) is 2.31. The summed E-state index contributed by atoms with van der Waals surface area (Å²) in [4.78, 5) is 0. The second-order valence-corrected chi connectivity index (χ2v) is 5.13. The molecule has 100 valence electrons. The molecule has 0 saturated heterocycles. The fourth-order valence-electron chi connectivity index (χ4n) is 2.03. The molecular formula is C13H11F3N2S. The molecular weight excluding hydrogens is 273 g/mol. The number of halogens is 3. The minimum atomic E-state index is -4.34. The van der Waals surface area contributed by atoms with E-state index < -0.39 is 11.7 Å². The van der Waals surface area contributed by atoms with E-state index in [1.54, 1.807) is 6.07 Å². The van der Waals surface area contributed by atoms with Crippen LogP contribution in [0.2, 0.25) is 0 Å². The van der Waals surface area contributed by atoms with Gasteiger partial charge in [-0.15, -0.1) is 0 Å². The maximum atomic E-state index is 12.7. The SMILES string of the molecule is FC(F)(F)c1cccc(-n2[nH]c(C3CC3)cc2=S)c1. The Hall–Kier alpha value is -1.56. The number of hydrogen-bond acceptors (Lipinski definition) is 1. The number of H-pyrrole nitrogens is 1. The molecule has 0 bridgehead atoms. The lowest BCUT2D eigenvalue weighted by molar-refractivity contribution is -0.137. The quantitative estimate of drug-likeness (QED) is 0.809. The van der Waals surface area contributed by atoms with Crippen LogP contribution in [0.1, 0.15) is 30.0 Å². The van der Waals surface area contributed by atoms with Crippen LogP contribution in [0.5, 0.6) is 0 Å². The van der Waals surface area contributed by atoms with Crippen molar-refractivity contribution in [1.29, 1.82) is 0 Å². The predicted molar refractivity (Wildman–Crippen MR) is 67.9 cm³/mol. The van der Waals surface area contributed by atoms with Gasteiger partial charge in [-0.25, -0.2) is 4.68 Å². The van der Waals surface area contributed by atoms with Crippen LogP contribution in [0, 0.1) is 4.64 Å². The van der Waals surface area contributed by atoms with E-state index in [4.69, 9.17) is 12.2 Å². The van der Waals surface area contributed by atoms with Gasteiger partial charge in [-0.05, 0) is 37.1 Å². The van der Waals surface area contributed by atoms with E-state index in [-0.39, 0.29) is 0 Å². The maximum Gasteiger partial charge on any atom is 0.416 e. The van der Waals surface area contributed by atoms with Crippen molar-refractivity contribution in [2.45, 2.75) is 24.9 Å². The third-order valence-corrected chi connectivity index (χ3v) is 3.49. The first kappa shape index (κ1) is 12.5. The monoisotopic (exact) mass is 284 g/mol. The lowest BCUT2D eigenvalue weighted by atomic mass is 10.2. The molecule has 1 aliphatic rings. The van der Waals surface area contributed by atoms with Crippen molar-refractivity contribution in [3.63, 3.8) is 0 Å². The first-order valence-electron chi connectivity index (χ1n) is 5.95. The molecule has 3 rings (SSSR count). The summed E-state index contributed by atoms with van der Waals surface area (Å²) in [7, 11) is 0. The van der Waals surface area contributed by atoms with E-state index in [1.165, 1.54) is 10.7 Å². The minimum absolute atomic E-state index is 0.409. The zero-order valence-electron chi connectivity index (χ0n) is 9.87. The summed E-state index contributed by atoms with van der Waals surface area (Å²) < 4.78 is 40.1. The first-order valence-corrected chi connectivity index (χ1v) is 6.35. The molecule has 1 N–H and O–H groups in total. The Morgan fingerprint density at radius 3 is 2.58 bits per heavy atom. The molecule has 1 aromatic carbocycles. The third kappa shape index (κ3) is 2.45. The molecule has 1 fully saturated rings. The summed E-state index contributed by atoms with van der Waals surface area (Å²) in [5.41, 5.74) is 0.739. The lowest BCUT2D eigenvalue weighted by Crippen LogP contribution is -2.06. The van der Waals surface area contributed by atoms with Crippen molar-refractivity contribution >= 4 is 12.2 Å². The van der Waals surface area contributed by atoms with Crippen LogP contribution < -0.4 is 0 Å². The van der Waals surface area contributed by atoms with Crippen LogP contribution in [-0.4, -0.2) is 9.78 Å². The van der Waals surface area contributed by atoms with E-state index in [0.29, 0.717) is 16.2 Å². The number of aromatic amines is 1. The number of nitrogens with zero attached hydrogens (tertiary/aromatic N) is 1. The summed E-state index contributed by atoms with van der Waals surface area (Å²) in [5.74, 6) is 0.480. The van der Waals surface area contributed by atoms with Crippen LogP contribution >= 0.6 is 12.2 Å². The van der Waals surface area contributed by atoms with E-state index in [2.05, 4.69) is 5.10 Å².